The third-order valence-corrected chi connectivity index (χ3v) is 4.83. The maximum atomic E-state index is 12.2. The van der Waals surface area contributed by atoms with Crippen molar-refractivity contribution in [2.45, 2.75) is 11.8 Å². The van der Waals surface area contributed by atoms with E-state index in [0.717, 1.165) is 5.56 Å². The number of aryl methyl sites for hydroxylation is 1. The highest BCUT2D eigenvalue weighted by molar-refractivity contribution is 9.09. The monoisotopic (exact) mass is 382 g/mol. The Morgan fingerprint density at radius 3 is 2.41 bits per heavy atom. The van der Waals surface area contributed by atoms with Crippen LogP contribution in [0.15, 0.2) is 53.4 Å². The molecule has 22 heavy (non-hydrogen) atoms. The summed E-state index contributed by atoms with van der Waals surface area (Å²) in [5.74, 6) is -0.166. The Morgan fingerprint density at radius 1 is 1.14 bits per heavy atom. The average molecular weight is 383 g/mol. The van der Waals surface area contributed by atoms with Crippen LogP contribution in [0.2, 0.25) is 0 Å². The molecule has 0 aliphatic rings. The van der Waals surface area contributed by atoms with Crippen molar-refractivity contribution < 1.29 is 13.2 Å². The Labute approximate surface area is 137 Å². The summed E-state index contributed by atoms with van der Waals surface area (Å²) >= 11 is 3.07. The zero-order chi connectivity index (χ0) is 16.2. The normalized spacial score (nSPS) is 11.0. The fourth-order valence-electron chi connectivity index (χ4n) is 1.86. The first-order valence-electron chi connectivity index (χ1n) is 6.47. The van der Waals surface area contributed by atoms with Crippen LogP contribution in [0.3, 0.4) is 0 Å². The zero-order valence-electron chi connectivity index (χ0n) is 11.8. The van der Waals surface area contributed by atoms with Crippen molar-refractivity contribution in [1.82, 2.24) is 0 Å². The lowest BCUT2D eigenvalue weighted by Gasteiger charge is -2.11. The van der Waals surface area contributed by atoms with Gasteiger partial charge in [-0.25, -0.2) is 8.42 Å². The molecule has 0 saturated heterocycles. The molecule has 2 aromatic rings. The van der Waals surface area contributed by atoms with E-state index in [2.05, 4.69) is 26.0 Å². The van der Waals surface area contributed by atoms with Gasteiger partial charge in [-0.15, -0.1) is 0 Å². The number of carbonyl (C=O) groups excluding carboxylic acids is 1. The van der Waals surface area contributed by atoms with E-state index < -0.39 is 10.0 Å². The number of hydrogen-bond donors (Lipinski definition) is 2. The highest BCUT2D eigenvalue weighted by Gasteiger charge is 2.14. The van der Waals surface area contributed by atoms with Crippen LogP contribution in [-0.2, 0) is 14.8 Å². The highest BCUT2D eigenvalue weighted by Crippen LogP contribution is 2.22. The minimum atomic E-state index is -3.62. The van der Waals surface area contributed by atoms with Gasteiger partial charge < -0.3 is 5.32 Å². The van der Waals surface area contributed by atoms with Crippen molar-refractivity contribution in [3.05, 3.63) is 54.1 Å². The predicted octanol–water partition coefficient (Wildman–Crippen LogP) is 3.13. The minimum absolute atomic E-state index is 0.166. The third kappa shape index (κ3) is 4.08. The Morgan fingerprint density at radius 2 is 1.82 bits per heavy atom. The van der Waals surface area contributed by atoms with E-state index in [9.17, 15) is 13.2 Å². The number of anilines is 2. The second-order valence-electron chi connectivity index (χ2n) is 4.63. The third-order valence-electron chi connectivity index (χ3n) is 2.93. The largest absolute Gasteiger partial charge is 0.325 e. The molecule has 2 rings (SSSR count). The first-order valence-corrected chi connectivity index (χ1v) is 9.07. The summed E-state index contributed by atoms with van der Waals surface area (Å²) < 4.78 is 27.0. The van der Waals surface area contributed by atoms with Gasteiger partial charge in [-0.1, -0.05) is 34.1 Å². The van der Waals surface area contributed by atoms with Crippen molar-refractivity contribution >= 4 is 43.2 Å². The summed E-state index contributed by atoms with van der Waals surface area (Å²) in [5.41, 5.74) is 1.85. The van der Waals surface area contributed by atoms with Gasteiger partial charge >= 0.3 is 0 Å². The molecule has 0 aromatic heterocycles. The molecule has 2 N–H and O–H groups in total. The summed E-state index contributed by atoms with van der Waals surface area (Å²) in [6.07, 6.45) is 0. The number of alkyl halides is 1. The molecule has 0 aliphatic heterocycles. The van der Waals surface area contributed by atoms with Gasteiger partial charge in [0.05, 0.1) is 10.2 Å². The molecule has 0 aliphatic carbocycles. The molecule has 0 heterocycles. The summed E-state index contributed by atoms with van der Waals surface area (Å²) in [5, 5.41) is 2.92. The molecule has 7 heteroatoms. The van der Waals surface area contributed by atoms with Crippen LogP contribution in [0.1, 0.15) is 5.56 Å². The van der Waals surface area contributed by atoms with E-state index in [-0.39, 0.29) is 16.1 Å². The van der Waals surface area contributed by atoms with Gasteiger partial charge in [0.2, 0.25) is 5.91 Å². The second kappa shape index (κ2) is 6.93. The number of rotatable bonds is 5. The molecule has 0 radical (unpaired) electrons. The second-order valence-corrected chi connectivity index (χ2v) is 6.87. The maximum absolute atomic E-state index is 12.2. The van der Waals surface area contributed by atoms with Gasteiger partial charge in [-0.2, -0.15) is 0 Å². The lowest BCUT2D eigenvalue weighted by molar-refractivity contribution is -0.113. The van der Waals surface area contributed by atoms with Gasteiger partial charge in [-0.05, 0) is 42.8 Å². The Hall–Kier alpha value is -1.86. The highest BCUT2D eigenvalue weighted by atomic mass is 79.9. The number of amides is 1. The minimum Gasteiger partial charge on any atom is -0.325 e. The molecule has 5 nitrogen and oxygen atoms in total. The van der Waals surface area contributed by atoms with Crippen molar-refractivity contribution in [2.75, 3.05) is 15.4 Å². The summed E-state index contributed by atoms with van der Waals surface area (Å²) in [4.78, 5) is 11.6. The fourth-order valence-corrected chi connectivity index (χ4v) is 3.08. The molecule has 0 saturated carbocycles. The van der Waals surface area contributed by atoms with Crippen LogP contribution in [-0.4, -0.2) is 19.7 Å². The lowest BCUT2D eigenvalue weighted by Crippen LogP contribution is -2.15. The first-order chi connectivity index (χ1) is 10.4. The number of nitrogens with one attached hydrogen (secondary N) is 2. The van der Waals surface area contributed by atoms with E-state index in [1.807, 2.05) is 0 Å². The molecule has 0 atom stereocenters. The van der Waals surface area contributed by atoms with E-state index in [0.29, 0.717) is 11.4 Å². The smallest absolute Gasteiger partial charge is 0.261 e. The quantitative estimate of drug-likeness (QED) is 0.779. The van der Waals surface area contributed by atoms with Gasteiger partial charge in [0.25, 0.3) is 10.0 Å². The van der Waals surface area contributed by atoms with Crippen LogP contribution in [0.4, 0.5) is 11.4 Å². The Balaban J connectivity index is 2.21. The molecule has 0 fully saturated rings. The van der Waals surface area contributed by atoms with Crippen LogP contribution < -0.4 is 10.0 Å². The van der Waals surface area contributed by atoms with Gasteiger partial charge in [0.15, 0.2) is 0 Å². The van der Waals surface area contributed by atoms with E-state index in [1.54, 1.807) is 43.3 Å². The fraction of sp³-hybridized carbons (Fsp3) is 0.133. The SMILES string of the molecule is Cc1cc(NS(=O)(=O)c2ccccc2)ccc1NC(=O)CBr. The topological polar surface area (TPSA) is 75.3 Å². The van der Waals surface area contributed by atoms with Crippen LogP contribution in [0, 0.1) is 6.92 Å². The molecule has 0 bridgehead atoms. The number of carbonyl (C=O) groups is 1. The van der Waals surface area contributed by atoms with Gasteiger partial charge in [-0.3, -0.25) is 9.52 Å². The van der Waals surface area contributed by atoms with E-state index in [4.69, 9.17) is 0 Å². The summed E-state index contributed by atoms with van der Waals surface area (Å²) in [7, 11) is -3.62. The van der Waals surface area contributed by atoms with Crippen LogP contribution in [0.25, 0.3) is 0 Å². The predicted molar refractivity (Wildman–Crippen MR) is 90.9 cm³/mol. The molecule has 1 amide bonds. The molecule has 2 aromatic carbocycles. The van der Waals surface area contributed by atoms with E-state index >= 15 is 0 Å². The van der Waals surface area contributed by atoms with Crippen LogP contribution >= 0.6 is 15.9 Å². The molecule has 0 unspecified atom stereocenters. The number of hydrogen-bond acceptors (Lipinski definition) is 3. The Bertz CT molecular complexity index is 777. The molecular formula is C15H15BrN2O3S. The van der Waals surface area contributed by atoms with Crippen molar-refractivity contribution in [1.29, 1.82) is 0 Å². The zero-order valence-corrected chi connectivity index (χ0v) is 14.2. The van der Waals surface area contributed by atoms with Crippen molar-refractivity contribution in [2.24, 2.45) is 0 Å². The standard InChI is InChI=1S/C15H15BrN2O3S/c1-11-9-12(7-8-14(11)17-15(19)10-16)18-22(20,21)13-5-3-2-4-6-13/h2-9,18H,10H2,1H3,(H,17,19). The first kappa shape index (κ1) is 16.5. The average Bonchev–Trinajstić information content (AvgIpc) is 2.50. The Kier molecular flexibility index (Phi) is 5.20. The van der Waals surface area contributed by atoms with Crippen molar-refractivity contribution in [3.63, 3.8) is 0 Å². The number of sulfonamides is 1. The molecule has 116 valence electrons. The molecule has 0 spiro atoms. The van der Waals surface area contributed by atoms with E-state index in [1.165, 1.54) is 12.1 Å². The lowest BCUT2D eigenvalue weighted by atomic mass is 10.2. The van der Waals surface area contributed by atoms with Crippen molar-refractivity contribution in [3.8, 4) is 0 Å². The summed E-state index contributed by atoms with van der Waals surface area (Å²) in [6, 6.07) is 13.1. The summed E-state index contributed by atoms with van der Waals surface area (Å²) in [6.45, 7) is 1.80. The number of benzene rings is 2. The molecular weight excluding hydrogens is 368 g/mol. The van der Waals surface area contributed by atoms with Crippen LogP contribution in [0.5, 0.6) is 0 Å². The van der Waals surface area contributed by atoms with Gasteiger partial charge in [0.1, 0.15) is 0 Å². The van der Waals surface area contributed by atoms with Gasteiger partial charge in [0, 0.05) is 11.4 Å². The maximum Gasteiger partial charge on any atom is 0.261 e. The number of halogens is 1.